The molecule has 1 aromatic heterocycles. The summed E-state index contributed by atoms with van der Waals surface area (Å²) in [5.41, 5.74) is -0.508. The molecule has 0 spiro atoms. The van der Waals surface area contributed by atoms with Crippen molar-refractivity contribution in [1.82, 2.24) is 15.2 Å². The van der Waals surface area contributed by atoms with Crippen LogP contribution in [0.1, 0.15) is 32.1 Å². The summed E-state index contributed by atoms with van der Waals surface area (Å²) in [6.45, 7) is 1.48. The molecule has 2 fully saturated rings. The second kappa shape index (κ2) is 5.04. The van der Waals surface area contributed by atoms with E-state index in [1.165, 1.54) is 6.42 Å². The van der Waals surface area contributed by atoms with Crippen LogP contribution in [-0.4, -0.2) is 39.0 Å². The van der Waals surface area contributed by atoms with Gasteiger partial charge in [0, 0.05) is 19.0 Å². The first-order valence-corrected chi connectivity index (χ1v) is 7.37. The highest BCUT2D eigenvalue weighted by molar-refractivity contribution is 6.32. The third-order valence-electron chi connectivity index (χ3n) is 4.33. The summed E-state index contributed by atoms with van der Waals surface area (Å²) < 4.78 is 0. The van der Waals surface area contributed by atoms with Crippen LogP contribution in [0.5, 0.6) is 0 Å². The molecule has 1 aliphatic heterocycles. The number of hydrogen-bond acceptors (Lipinski definition) is 5. The van der Waals surface area contributed by atoms with Gasteiger partial charge in [-0.25, -0.2) is 0 Å². The Morgan fingerprint density at radius 1 is 1.21 bits per heavy atom. The lowest BCUT2D eigenvalue weighted by atomic mass is 9.71. The molecule has 0 radical (unpaired) electrons. The molecule has 2 heterocycles. The van der Waals surface area contributed by atoms with Gasteiger partial charge in [0.15, 0.2) is 11.0 Å². The first-order valence-electron chi connectivity index (χ1n) is 6.61. The van der Waals surface area contributed by atoms with E-state index in [1.807, 2.05) is 0 Å². The molecule has 104 valence electrons. The Morgan fingerprint density at radius 2 is 2.05 bits per heavy atom. The summed E-state index contributed by atoms with van der Waals surface area (Å²) in [6, 6.07) is 0. The van der Waals surface area contributed by atoms with Gasteiger partial charge < -0.3 is 10.0 Å². The number of piperidine rings is 1. The lowest BCUT2D eigenvalue weighted by molar-refractivity contribution is -0.0613. The lowest BCUT2D eigenvalue weighted by Crippen LogP contribution is -2.53. The summed E-state index contributed by atoms with van der Waals surface area (Å²) in [5.74, 6) is 0.856. The fourth-order valence-corrected chi connectivity index (χ4v) is 3.57. The molecule has 0 amide bonds. The van der Waals surface area contributed by atoms with Crippen LogP contribution in [0.25, 0.3) is 0 Å². The molecular formula is C12H16Cl2N4O. The van der Waals surface area contributed by atoms with Crippen LogP contribution in [0.3, 0.4) is 0 Å². The fraction of sp³-hybridized carbons (Fsp3) is 0.750. The molecular weight excluding hydrogens is 287 g/mol. The van der Waals surface area contributed by atoms with Gasteiger partial charge in [0.1, 0.15) is 0 Å². The fourth-order valence-electron chi connectivity index (χ4n) is 3.25. The molecule has 1 saturated carbocycles. The Balaban J connectivity index is 1.82. The maximum Gasteiger partial charge on any atom is 0.245 e. The normalized spacial score (nSPS) is 31.1. The van der Waals surface area contributed by atoms with E-state index in [9.17, 15) is 5.11 Å². The number of aromatic nitrogens is 3. The van der Waals surface area contributed by atoms with Crippen molar-refractivity contribution in [3.05, 3.63) is 10.4 Å². The quantitative estimate of drug-likeness (QED) is 0.862. The molecule has 0 bridgehead atoms. The smallest absolute Gasteiger partial charge is 0.245 e. The Morgan fingerprint density at radius 3 is 2.89 bits per heavy atom. The van der Waals surface area contributed by atoms with E-state index in [-0.39, 0.29) is 16.4 Å². The van der Waals surface area contributed by atoms with Crippen LogP contribution < -0.4 is 4.90 Å². The Bertz CT molecular complexity index is 487. The van der Waals surface area contributed by atoms with E-state index in [1.54, 1.807) is 0 Å². The number of halogens is 2. The summed E-state index contributed by atoms with van der Waals surface area (Å²) in [6.07, 6.45) is 5.00. The van der Waals surface area contributed by atoms with E-state index in [0.29, 0.717) is 5.82 Å². The van der Waals surface area contributed by atoms with Crippen molar-refractivity contribution in [3.63, 3.8) is 0 Å². The van der Waals surface area contributed by atoms with Gasteiger partial charge in [-0.15, -0.1) is 10.2 Å². The highest BCUT2D eigenvalue weighted by atomic mass is 35.5. The average Bonchev–Trinajstić information content (AvgIpc) is 2.40. The zero-order valence-corrected chi connectivity index (χ0v) is 12.0. The monoisotopic (exact) mass is 302 g/mol. The molecule has 2 unspecified atom stereocenters. The van der Waals surface area contributed by atoms with Gasteiger partial charge in [0.2, 0.25) is 5.28 Å². The van der Waals surface area contributed by atoms with Gasteiger partial charge >= 0.3 is 0 Å². The molecule has 1 aliphatic carbocycles. The molecule has 1 saturated heterocycles. The third kappa shape index (κ3) is 2.51. The molecule has 19 heavy (non-hydrogen) atoms. The first-order chi connectivity index (χ1) is 9.08. The van der Waals surface area contributed by atoms with Crippen molar-refractivity contribution in [1.29, 1.82) is 0 Å². The van der Waals surface area contributed by atoms with Crippen LogP contribution in [0.4, 0.5) is 5.82 Å². The number of rotatable bonds is 1. The number of hydrogen-bond donors (Lipinski definition) is 1. The summed E-state index contributed by atoms with van der Waals surface area (Å²) >= 11 is 11.8. The predicted molar refractivity (Wildman–Crippen MR) is 73.6 cm³/mol. The number of fused-ring (bicyclic) bond motifs is 1. The molecule has 2 aliphatic rings. The largest absolute Gasteiger partial charge is 0.389 e. The summed E-state index contributed by atoms with van der Waals surface area (Å²) in [7, 11) is 0. The minimum absolute atomic E-state index is 0.101. The Kier molecular flexibility index (Phi) is 3.53. The number of anilines is 1. The van der Waals surface area contributed by atoms with Crippen LogP contribution in [-0.2, 0) is 0 Å². The molecule has 1 aromatic rings. The van der Waals surface area contributed by atoms with Gasteiger partial charge in [0.25, 0.3) is 0 Å². The van der Waals surface area contributed by atoms with Crippen molar-refractivity contribution in [2.75, 3.05) is 18.0 Å². The molecule has 1 N–H and O–H groups in total. The third-order valence-corrected chi connectivity index (χ3v) is 4.73. The SMILES string of the molecule is OC12CCCCC1CN(c1nc(Cl)nnc1Cl)CC2. The average molecular weight is 303 g/mol. The van der Waals surface area contributed by atoms with Gasteiger partial charge in [-0.1, -0.05) is 24.4 Å². The maximum absolute atomic E-state index is 10.6. The van der Waals surface area contributed by atoms with Crippen molar-refractivity contribution >= 4 is 29.0 Å². The van der Waals surface area contributed by atoms with E-state index >= 15 is 0 Å². The van der Waals surface area contributed by atoms with Crippen molar-refractivity contribution in [2.24, 2.45) is 5.92 Å². The van der Waals surface area contributed by atoms with E-state index < -0.39 is 5.60 Å². The van der Waals surface area contributed by atoms with Crippen LogP contribution >= 0.6 is 23.2 Å². The van der Waals surface area contributed by atoms with Gasteiger partial charge in [-0.2, -0.15) is 4.98 Å². The molecule has 0 aromatic carbocycles. The molecule has 7 heteroatoms. The zero-order chi connectivity index (χ0) is 13.5. The first kappa shape index (κ1) is 13.3. The van der Waals surface area contributed by atoms with Crippen LogP contribution in [0, 0.1) is 5.92 Å². The van der Waals surface area contributed by atoms with Crippen LogP contribution in [0.15, 0.2) is 0 Å². The van der Waals surface area contributed by atoms with E-state index in [2.05, 4.69) is 20.1 Å². The summed E-state index contributed by atoms with van der Waals surface area (Å²) in [5, 5.41) is 18.4. The zero-order valence-electron chi connectivity index (χ0n) is 10.5. The van der Waals surface area contributed by atoms with Crippen molar-refractivity contribution in [3.8, 4) is 0 Å². The molecule has 2 atom stereocenters. The summed E-state index contributed by atoms with van der Waals surface area (Å²) in [4.78, 5) is 6.22. The Hall–Kier alpha value is -0.650. The van der Waals surface area contributed by atoms with Gasteiger partial charge in [0.05, 0.1) is 5.60 Å². The highest BCUT2D eigenvalue weighted by Crippen LogP contribution is 2.41. The van der Waals surface area contributed by atoms with Gasteiger partial charge in [-0.3, -0.25) is 0 Å². The van der Waals surface area contributed by atoms with E-state index in [4.69, 9.17) is 23.2 Å². The van der Waals surface area contributed by atoms with Gasteiger partial charge in [-0.05, 0) is 30.9 Å². The Labute approximate surface area is 121 Å². The minimum atomic E-state index is -0.508. The topological polar surface area (TPSA) is 62.1 Å². The van der Waals surface area contributed by atoms with Crippen molar-refractivity contribution in [2.45, 2.75) is 37.7 Å². The molecule has 3 rings (SSSR count). The van der Waals surface area contributed by atoms with E-state index in [0.717, 1.165) is 38.8 Å². The predicted octanol–water partition coefficient (Wildman–Crippen LogP) is 2.31. The lowest BCUT2D eigenvalue weighted by Gasteiger charge is -2.47. The highest BCUT2D eigenvalue weighted by Gasteiger charge is 2.43. The number of aliphatic hydroxyl groups is 1. The minimum Gasteiger partial charge on any atom is -0.389 e. The second-order valence-corrected chi connectivity index (χ2v) is 6.13. The van der Waals surface area contributed by atoms with Crippen LogP contribution in [0.2, 0.25) is 10.4 Å². The standard InChI is InChI=1S/C12H16Cl2N4O/c13-9-10(15-11(14)17-16-9)18-6-5-12(19)4-2-1-3-8(12)7-18/h8,19H,1-7H2. The maximum atomic E-state index is 10.6. The molecule has 5 nitrogen and oxygen atoms in total. The van der Waals surface area contributed by atoms with Crippen molar-refractivity contribution < 1.29 is 5.11 Å². The number of nitrogens with zero attached hydrogens (tertiary/aromatic N) is 4. The second-order valence-electron chi connectivity index (χ2n) is 5.44.